The third-order valence-corrected chi connectivity index (χ3v) is 3.85. The van der Waals surface area contributed by atoms with Gasteiger partial charge < -0.3 is 5.32 Å². The van der Waals surface area contributed by atoms with E-state index in [-0.39, 0.29) is 5.91 Å². The summed E-state index contributed by atoms with van der Waals surface area (Å²) in [6.45, 7) is 0.816. The molecule has 0 radical (unpaired) electrons. The van der Waals surface area contributed by atoms with Crippen molar-refractivity contribution >= 4 is 29.3 Å². The molecule has 0 aromatic carbocycles. The van der Waals surface area contributed by atoms with E-state index in [1.165, 1.54) is 12.8 Å². The Bertz CT molecular complexity index is 201. The number of amides is 1. The number of halogens is 1. The summed E-state index contributed by atoms with van der Waals surface area (Å²) in [5.74, 6) is 1.69. The topological polar surface area (TPSA) is 29.1 Å². The fourth-order valence-corrected chi connectivity index (χ4v) is 2.75. The van der Waals surface area contributed by atoms with E-state index in [9.17, 15) is 4.79 Å². The molecule has 0 saturated heterocycles. The van der Waals surface area contributed by atoms with E-state index in [2.05, 4.69) is 5.32 Å². The van der Waals surface area contributed by atoms with Gasteiger partial charge >= 0.3 is 0 Å². The molecule has 88 valence electrons. The minimum atomic E-state index is 0.182. The molecule has 2 unspecified atom stereocenters. The van der Waals surface area contributed by atoms with Crippen LogP contribution in [0.5, 0.6) is 0 Å². The number of hydrogen-bond acceptors (Lipinski definition) is 2. The predicted molar refractivity (Wildman–Crippen MR) is 67.6 cm³/mol. The number of hydrogen-bond donors (Lipinski definition) is 1. The molecule has 1 fully saturated rings. The quantitative estimate of drug-likeness (QED) is 0.759. The van der Waals surface area contributed by atoms with Gasteiger partial charge in [-0.25, -0.2) is 0 Å². The van der Waals surface area contributed by atoms with Crippen LogP contribution in [0.25, 0.3) is 0 Å². The molecular formula is C11H20ClNOS. The molecule has 15 heavy (non-hydrogen) atoms. The summed E-state index contributed by atoms with van der Waals surface area (Å²) in [5, 5.41) is 3.32. The Hall–Kier alpha value is 0.110. The normalized spacial score (nSPS) is 26.3. The molecule has 0 heterocycles. The van der Waals surface area contributed by atoms with Crippen LogP contribution in [0.3, 0.4) is 0 Å². The van der Waals surface area contributed by atoms with Crippen LogP contribution in [0, 0.1) is 5.92 Å². The molecule has 0 aliphatic heterocycles. The number of alkyl halides is 1. The average Bonchev–Trinajstić information content (AvgIpc) is 2.23. The SMILES string of the molecule is CSCCC(=O)NCC1CCCC(Cl)C1. The van der Waals surface area contributed by atoms with Gasteiger partial charge in [-0.2, -0.15) is 11.8 Å². The van der Waals surface area contributed by atoms with Gasteiger partial charge in [0.1, 0.15) is 0 Å². The first-order chi connectivity index (χ1) is 7.22. The van der Waals surface area contributed by atoms with Gasteiger partial charge in [0.05, 0.1) is 0 Å². The molecule has 1 saturated carbocycles. The van der Waals surface area contributed by atoms with Crippen molar-refractivity contribution in [1.29, 1.82) is 0 Å². The van der Waals surface area contributed by atoms with Crippen LogP contribution in [0.15, 0.2) is 0 Å². The zero-order chi connectivity index (χ0) is 11.1. The zero-order valence-electron chi connectivity index (χ0n) is 9.30. The Morgan fingerprint density at radius 3 is 3.00 bits per heavy atom. The molecule has 0 spiro atoms. The molecular weight excluding hydrogens is 230 g/mol. The summed E-state index contributed by atoms with van der Waals surface area (Å²) < 4.78 is 0. The lowest BCUT2D eigenvalue weighted by Crippen LogP contribution is -2.32. The summed E-state index contributed by atoms with van der Waals surface area (Å²) >= 11 is 7.80. The third-order valence-electron chi connectivity index (χ3n) is 2.84. The molecule has 0 aromatic rings. The van der Waals surface area contributed by atoms with E-state index >= 15 is 0 Å². The van der Waals surface area contributed by atoms with Crippen LogP contribution in [0.1, 0.15) is 32.1 Å². The molecule has 1 rings (SSSR count). The monoisotopic (exact) mass is 249 g/mol. The van der Waals surface area contributed by atoms with Crippen LogP contribution in [-0.4, -0.2) is 29.8 Å². The summed E-state index contributed by atoms with van der Waals surface area (Å²) in [6, 6.07) is 0. The highest BCUT2D eigenvalue weighted by Crippen LogP contribution is 2.27. The maximum Gasteiger partial charge on any atom is 0.220 e. The van der Waals surface area contributed by atoms with Gasteiger partial charge in [-0.15, -0.1) is 11.6 Å². The first-order valence-electron chi connectivity index (χ1n) is 5.62. The van der Waals surface area contributed by atoms with Crippen molar-refractivity contribution < 1.29 is 4.79 Å². The van der Waals surface area contributed by atoms with Crippen molar-refractivity contribution in [3.63, 3.8) is 0 Å². The van der Waals surface area contributed by atoms with Crippen molar-refractivity contribution in [3.8, 4) is 0 Å². The first kappa shape index (κ1) is 13.2. The predicted octanol–water partition coefficient (Wildman–Crippen LogP) is 2.65. The zero-order valence-corrected chi connectivity index (χ0v) is 10.9. The van der Waals surface area contributed by atoms with Crippen molar-refractivity contribution in [3.05, 3.63) is 0 Å². The molecule has 0 bridgehead atoms. The molecule has 1 aliphatic carbocycles. The molecule has 2 atom stereocenters. The first-order valence-corrected chi connectivity index (χ1v) is 7.45. The summed E-state index contributed by atoms with van der Waals surface area (Å²) in [7, 11) is 0. The molecule has 1 aliphatic rings. The Morgan fingerprint density at radius 1 is 1.53 bits per heavy atom. The van der Waals surface area contributed by atoms with Crippen LogP contribution >= 0.6 is 23.4 Å². The van der Waals surface area contributed by atoms with Crippen molar-refractivity contribution in [2.45, 2.75) is 37.5 Å². The number of thioether (sulfide) groups is 1. The van der Waals surface area contributed by atoms with E-state index in [1.807, 2.05) is 6.26 Å². The number of rotatable bonds is 5. The maximum atomic E-state index is 11.4. The van der Waals surface area contributed by atoms with Gasteiger partial charge in [-0.3, -0.25) is 4.79 Å². The van der Waals surface area contributed by atoms with Crippen LogP contribution in [-0.2, 0) is 4.79 Å². The van der Waals surface area contributed by atoms with E-state index in [0.717, 1.165) is 25.1 Å². The van der Waals surface area contributed by atoms with Gasteiger partial charge in [-0.05, 0) is 31.4 Å². The van der Waals surface area contributed by atoms with E-state index in [4.69, 9.17) is 11.6 Å². The second-order valence-corrected chi connectivity index (χ2v) is 5.78. The number of carbonyl (C=O) groups excluding carboxylic acids is 1. The van der Waals surface area contributed by atoms with E-state index in [1.54, 1.807) is 11.8 Å². The summed E-state index contributed by atoms with van der Waals surface area (Å²) in [6.07, 6.45) is 7.28. The van der Waals surface area contributed by atoms with Crippen LogP contribution < -0.4 is 5.32 Å². The summed E-state index contributed by atoms with van der Waals surface area (Å²) in [4.78, 5) is 11.4. The lowest BCUT2D eigenvalue weighted by atomic mass is 9.89. The molecule has 4 heteroatoms. The van der Waals surface area contributed by atoms with Crippen molar-refractivity contribution in [2.24, 2.45) is 5.92 Å². The highest BCUT2D eigenvalue weighted by Gasteiger charge is 2.20. The second-order valence-electron chi connectivity index (χ2n) is 4.18. The minimum Gasteiger partial charge on any atom is -0.356 e. The van der Waals surface area contributed by atoms with Gasteiger partial charge in [0.15, 0.2) is 0 Å². The fraction of sp³-hybridized carbons (Fsp3) is 0.909. The molecule has 0 aromatic heterocycles. The smallest absolute Gasteiger partial charge is 0.220 e. The van der Waals surface area contributed by atoms with Gasteiger partial charge in [0.25, 0.3) is 0 Å². The molecule has 1 N–H and O–H groups in total. The average molecular weight is 250 g/mol. The lowest BCUT2D eigenvalue weighted by molar-refractivity contribution is -0.120. The van der Waals surface area contributed by atoms with Gasteiger partial charge in [0.2, 0.25) is 5.91 Å². The lowest BCUT2D eigenvalue weighted by Gasteiger charge is -2.25. The van der Waals surface area contributed by atoms with Crippen LogP contribution in [0.2, 0.25) is 0 Å². The molecule has 1 amide bonds. The minimum absolute atomic E-state index is 0.182. The third kappa shape index (κ3) is 5.67. The second kappa shape index (κ2) is 7.39. The van der Waals surface area contributed by atoms with Gasteiger partial charge in [-0.1, -0.05) is 6.42 Å². The number of nitrogens with one attached hydrogen (secondary N) is 1. The summed E-state index contributed by atoms with van der Waals surface area (Å²) in [5.41, 5.74) is 0. The highest BCUT2D eigenvalue weighted by molar-refractivity contribution is 7.98. The number of carbonyl (C=O) groups is 1. The highest BCUT2D eigenvalue weighted by atomic mass is 35.5. The van der Waals surface area contributed by atoms with E-state index < -0.39 is 0 Å². The Labute approximate surface area is 102 Å². The van der Waals surface area contributed by atoms with Crippen molar-refractivity contribution in [2.75, 3.05) is 18.6 Å². The van der Waals surface area contributed by atoms with Gasteiger partial charge in [0, 0.05) is 24.1 Å². The Kier molecular flexibility index (Phi) is 6.50. The Morgan fingerprint density at radius 2 is 2.33 bits per heavy atom. The standard InChI is InChI=1S/C11H20ClNOS/c1-15-6-5-11(14)13-8-9-3-2-4-10(12)7-9/h9-10H,2-8H2,1H3,(H,13,14). The van der Waals surface area contributed by atoms with E-state index in [0.29, 0.717) is 17.7 Å². The Balaban J connectivity index is 2.10. The maximum absolute atomic E-state index is 11.4. The largest absolute Gasteiger partial charge is 0.356 e. The van der Waals surface area contributed by atoms with Crippen LogP contribution in [0.4, 0.5) is 0 Å². The van der Waals surface area contributed by atoms with Crippen molar-refractivity contribution in [1.82, 2.24) is 5.32 Å². The molecule has 2 nitrogen and oxygen atoms in total. The fourth-order valence-electron chi connectivity index (χ4n) is 1.95.